The third-order valence-electron chi connectivity index (χ3n) is 4.10. The van der Waals surface area contributed by atoms with Crippen LogP contribution in [0.5, 0.6) is 0 Å². The van der Waals surface area contributed by atoms with Crippen LogP contribution in [0.15, 0.2) is 18.2 Å². The van der Waals surface area contributed by atoms with Gasteiger partial charge in [0.2, 0.25) is 5.91 Å². The molecule has 0 fully saturated rings. The third kappa shape index (κ3) is 4.71. The van der Waals surface area contributed by atoms with Gasteiger partial charge in [0.05, 0.1) is 0 Å². The van der Waals surface area contributed by atoms with Crippen molar-refractivity contribution in [2.45, 2.75) is 46.6 Å². The number of nitrogens with one attached hydrogen (secondary N) is 2. The Bertz CT molecular complexity index is 569. The van der Waals surface area contributed by atoms with Crippen molar-refractivity contribution in [3.8, 4) is 0 Å². The summed E-state index contributed by atoms with van der Waals surface area (Å²) in [6.07, 6.45) is 2.39. The molecule has 0 saturated carbocycles. The van der Waals surface area contributed by atoms with Crippen molar-refractivity contribution >= 4 is 17.6 Å². The third-order valence-corrected chi connectivity index (χ3v) is 4.10. The van der Waals surface area contributed by atoms with E-state index in [0.717, 1.165) is 30.6 Å². The highest BCUT2D eigenvalue weighted by atomic mass is 16.2. The molecule has 0 atom stereocenters. The number of fused-ring (bicyclic) bond motifs is 1. The van der Waals surface area contributed by atoms with Gasteiger partial charge in [0.15, 0.2) is 0 Å². The first kappa shape index (κ1) is 17.3. The predicted octanol–water partition coefficient (Wildman–Crippen LogP) is 2.83. The highest BCUT2D eigenvalue weighted by Gasteiger charge is 2.23. The Kier molecular flexibility index (Phi) is 6.02. The van der Waals surface area contributed by atoms with E-state index in [1.165, 1.54) is 5.56 Å². The number of amides is 3. The number of anilines is 1. The van der Waals surface area contributed by atoms with Crippen LogP contribution in [0.25, 0.3) is 0 Å². The average Bonchev–Trinajstić information content (AvgIpc) is 2.95. The lowest BCUT2D eigenvalue weighted by atomic mass is 10.1. The summed E-state index contributed by atoms with van der Waals surface area (Å²) < 4.78 is 0. The minimum atomic E-state index is -0.131. The average molecular weight is 317 g/mol. The normalized spacial score (nSPS) is 13.1. The standard InChI is InChI=1S/C18H27N3O2/c1-4-17(22)21-10-8-15-11-14(5-6-16(15)21)12-20-18(23)19-9-7-13(2)3/h5-6,11,13H,4,7-10,12H2,1-3H3,(H2,19,20,23). The Balaban J connectivity index is 1.86. The Labute approximate surface area is 138 Å². The second kappa shape index (κ2) is 7.99. The summed E-state index contributed by atoms with van der Waals surface area (Å²) in [5.41, 5.74) is 3.27. The molecular weight excluding hydrogens is 290 g/mol. The van der Waals surface area contributed by atoms with Crippen LogP contribution < -0.4 is 15.5 Å². The molecule has 0 saturated heterocycles. The van der Waals surface area contributed by atoms with Crippen molar-refractivity contribution in [1.82, 2.24) is 10.6 Å². The predicted molar refractivity (Wildman–Crippen MR) is 92.5 cm³/mol. The van der Waals surface area contributed by atoms with Gasteiger partial charge in [0, 0.05) is 31.7 Å². The zero-order valence-corrected chi connectivity index (χ0v) is 14.3. The number of urea groups is 1. The van der Waals surface area contributed by atoms with Crippen molar-refractivity contribution in [3.63, 3.8) is 0 Å². The molecule has 0 aliphatic carbocycles. The van der Waals surface area contributed by atoms with Crippen LogP contribution in [0.1, 0.15) is 44.7 Å². The SMILES string of the molecule is CCC(=O)N1CCc2cc(CNC(=O)NCCC(C)C)ccc21. The summed E-state index contributed by atoms with van der Waals surface area (Å²) in [5, 5.41) is 5.74. The number of benzene rings is 1. The highest BCUT2D eigenvalue weighted by Crippen LogP contribution is 2.29. The van der Waals surface area contributed by atoms with Crippen molar-refractivity contribution in [1.29, 1.82) is 0 Å². The molecule has 0 spiro atoms. The molecule has 1 aromatic rings. The van der Waals surface area contributed by atoms with Crippen LogP contribution in [-0.4, -0.2) is 25.0 Å². The summed E-state index contributed by atoms with van der Waals surface area (Å²) in [5.74, 6) is 0.750. The summed E-state index contributed by atoms with van der Waals surface area (Å²) in [4.78, 5) is 25.5. The van der Waals surface area contributed by atoms with Crippen LogP contribution >= 0.6 is 0 Å². The van der Waals surface area contributed by atoms with Crippen LogP contribution in [0.4, 0.5) is 10.5 Å². The lowest BCUT2D eigenvalue weighted by molar-refractivity contribution is -0.118. The van der Waals surface area contributed by atoms with Gasteiger partial charge in [-0.2, -0.15) is 0 Å². The first-order chi connectivity index (χ1) is 11.0. The topological polar surface area (TPSA) is 61.4 Å². The van der Waals surface area contributed by atoms with E-state index in [4.69, 9.17) is 0 Å². The Morgan fingerprint density at radius 2 is 2.04 bits per heavy atom. The Hall–Kier alpha value is -2.04. The van der Waals surface area contributed by atoms with Gasteiger partial charge in [0.1, 0.15) is 0 Å². The van der Waals surface area contributed by atoms with Gasteiger partial charge < -0.3 is 15.5 Å². The largest absolute Gasteiger partial charge is 0.338 e. The molecule has 3 amide bonds. The molecule has 1 aliphatic heterocycles. The first-order valence-electron chi connectivity index (χ1n) is 8.45. The lowest BCUT2D eigenvalue weighted by Gasteiger charge is -2.16. The van der Waals surface area contributed by atoms with E-state index >= 15 is 0 Å². The fourth-order valence-corrected chi connectivity index (χ4v) is 2.73. The fourth-order valence-electron chi connectivity index (χ4n) is 2.73. The van der Waals surface area contributed by atoms with Crippen molar-refractivity contribution in [3.05, 3.63) is 29.3 Å². The van der Waals surface area contributed by atoms with E-state index in [0.29, 0.717) is 25.4 Å². The Morgan fingerprint density at radius 3 is 2.74 bits per heavy atom. The van der Waals surface area contributed by atoms with Crippen LogP contribution in [-0.2, 0) is 17.8 Å². The number of hydrogen-bond acceptors (Lipinski definition) is 2. The maximum atomic E-state index is 11.9. The minimum absolute atomic E-state index is 0.131. The van der Waals surface area contributed by atoms with Gasteiger partial charge >= 0.3 is 6.03 Å². The molecule has 2 rings (SSSR count). The second-order valence-electron chi connectivity index (χ2n) is 6.40. The molecule has 1 aliphatic rings. The number of carbonyl (C=O) groups is 2. The number of rotatable bonds is 6. The number of nitrogens with zero attached hydrogens (tertiary/aromatic N) is 1. The second-order valence-corrected chi connectivity index (χ2v) is 6.40. The maximum absolute atomic E-state index is 11.9. The molecule has 0 unspecified atom stereocenters. The summed E-state index contributed by atoms with van der Waals surface area (Å²) >= 11 is 0. The zero-order valence-electron chi connectivity index (χ0n) is 14.3. The van der Waals surface area contributed by atoms with E-state index in [2.05, 4.69) is 30.5 Å². The number of carbonyl (C=O) groups excluding carboxylic acids is 2. The van der Waals surface area contributed by atoms with Gasteiger partial charge in [-0.25, -0.2) is 4.79 Å². The van der Waals surface area contributed by atoms with E-state index in [1.54, 1.807) is 0 Å². The highest BCUT2D eigenvalue weighted by molar-refractivity contribution is 5.95. The van der Waals surface area contributed by atoms with E-state index < -0.39 is 0 Å². The first-order valence-corrected chi connectivity index (χ1v) is 8.45. The van der Waals surface area contributed by atoms with Crippen molar-refractivity contribution < 1.29 is 9.59 Å². The molecule has 0 radical (unpaired) electrons. The summed E-state index contributed by atoms with van der Waals surface area (Å²) in [6, 6.07) is 5.93. The quantitative estimate of drug-likeness (QED) is 0.847. The smallest absolute Gasteiger partial charge is 0.315 e. The van der Waals surface area contributed by atoms with E-state index in [-0.39, 0.29) is 11.9 Å². The molecule has 0 bridgehead atoms. The molecule has 126 valence electrons. The molecule has 23 heavy (non-hydrogen) atoms. The molecule has 1 heterocycles. The van der Waals surface area contributed by atoms with Crippen LogP contribution in [0.2, 0.25) is 0 Å². The van der Waals surface area contributed by atoms with Gasteiger partial charge in [0.25, 0.3) is 0 Å². The Morgan fingerprint density at radius 1 is 1.26 bits per heavy atom. The van der Waals surface area contributed by atoms with Gasteiger partial charge in [-0.05, 0) is 36.0 Å². The summed E-state index contributed by atoms with van der Waals surface area (Å²) in [6.45, 7) is 8.11. The molecule has 2 N–H and O–H groups in total. The lowest BCUT2D eigenvalue weighted by Crippen LogP contribution is -2.35. The van der Waals surface area contributed by atoms with E-state index in [1.807, 2.05) is 24.0 Å². The van der Waals surface area contributed by atoms with Crippen LogP contribution in [0, 0.1) is 5.92 Å². The van der Waals surface area contributed by atoms with Crippen molar-refractivity contribution in [2.75, 3.05) is 18.0 Å². The molecule has 5 nitrogen and oxygen atoms in total. The van der Waals surface area contributed by atoms with Gasteiger partial charge in [-0.1, -0.05) is 32.9 Å². The van der Waals surface area contributed by atoms with E-state index in [9.17, 15) is 9.59 Å². The maximum Gasteiger partial charge on any atom is 0.315 e. The van der Waals surface area contributed by atoms with Crippen molar-refractivity contribution in [2.24, 2.45) is 5.92 Å². The molecule has 0 aromatic heterocycles. The monoisotopic (exact) mass is 317 g/mol. The number of hydrogen-bond donors (Lipinski definition) is 2. The molecule has 1 aromatic carbocycles. The van der Waals surface area contributed by atoms with Gasteiger partial charge in [-0.15, -0.1) is 0 Å². The molecule has 5 heteroatoms. The summed E-state index contributed by atoms with van der Waals surface area (Å²) in [7, 11) is 0. The minimum Gasteiger partial charge on any atom is -0.338 e. The van der Waals surface area contributed by atoms with Gasteiger partial charge in [-0.3, -0.25) is 4.79 Å². The van der Waals surface area contributed by atoms with Crippen LogP contribution in [0.3, 0.4) is 0 Å². The fraction of sp³-hybridized carbons (Fsp3) is 0.556. The zero-order chi connectivity index (χ0) is 16.8. The molecular formula is C18H27N3O2.